The molecule has 0 spiro atoms. The summed E-state index contributed by atoms with van der Waals surface area (Å²) in [5.41, 5.74) is 0. The fourth-order valence-electron chi connectivity index (χ4n) is 0.679. The average Bonchev–Trinajstić information content (AvgIpc) is 1.69. The Morgan fingerprint density at radius 2 is 2.29 bits per heavy atom. The van der Waals surface area contributed by atoms with Crippen LogP contribution in [-0.4, -0.2) is 4.43 Å². The van der Waals surface area contributed by atoms with Crippen LogP contribution in [0.3, 0.4) is 0 Å². The molecular weight excluding hydrogens is 199 g/mol. The van der Waals surface area contributed by atoms with Gasteiger partial charge in [0.15, 0.2) is 0 Å². The number of hydrogen-bond acceptors (Lipinski definition) is 0. The zero-order valence-electron chi connectivity index (χ0n) is 4.41. The monoisotopic (exact) mass is 209 g/mol. The van der Waals surface area contributed by atoms with Gasteiger partial charge in [0.25, 0.3) is 0 Å². The first-order valence-corrected chi connectivity index (χ1v) is 5.27. The van der Waals surface area contributed by atoms with Crippen molar-refractivity contribution in [3.8, 4) is 0 Å². The molecule has 1 fully saturated rings. The molecule has 0 saturated carbocycles. The maximum atomic E-state index is 3.96. The van der Waals surface area contributed by atoms with Crippen molar-refractivity contribution in [2.75, 3.05) is 4.43 Å². The van der Waals surface area contributed by atoms with Crippen LogP contribution in [0.5, 0.6) is 0 Å². The van der Waals surface area contributed by atoms with Gasteiger partial charge < -0.3 is 0 Å². The molecule has 0 bridgehead atoms. The summed E-state index contributed by atoms with van der Waals surface area (Å²) in [7, 11) is 0. The van der Waals surface area contributed by atoms with Gasteiger partial charge in [-0.3, -0.25) is 0 Å². The third kappa shape index (κ3) is 1.80. The molecule has 0 aromatic carbocycles. The number of rotatable bonds is 0. The van der Waals surface area contributed by atoms with Crippen molar-refractivity contribution in [3.05, 3.63) is 10.2 Å². The number of allylic oxidation sites excluding steroid dienone is 1. The van der Waals surface area contributed by atoms with E-state index in [9.17, 15) is 0 Å². The van der Waals surface area contributed by atoms with Crippen molar-refractivity contribution >= 4 is 0 Å². The molecule has 1 heterocycles. The van der Waals surface area contributed by atoms with Crippen LogP contribution < -0.4 is 21.2 Å². The number of alkyl halides is 1. The van der Waals surface area contributed by atoms with Crippen LogP contribution in [0.25, 0.3) is 0 Å². The van der Waals surface area contributed by atoms with Gasteiger partial charge in [-0.25, -0.2) is 0 Å². The van der Waals surface area contributed by atoms with Gasteiger partial charge in [-0.2, -0.15) is 0 Å². The van der Waals surface area contributed by atoms with Crippen molar-refractivity contribution in [2.24, 2.45) is 0 Å². The third-order valence-corrected chi connectivity index (χ3v) is 4.04. The number of hydrogen-bond donors (Lipinski definition) is 0. The predicted octanol–water partition coefficient (Wildman–Crippen LogP) is -1.23. The molecule has 1 rings (SSSR count). The van der Waals surface area contributed by atoms with E-state index in [1.807, 2.05) is 0 Å². The molecule has 0 nitrogen and oxygen atoms in total. The van der Waals surface area contributed by atoms with Gasteiger partial charge in [0.05, 0.1) is 0 Å². The zero-order valence-corrected chi connectivity index (χ0v) is 6.57. The second-order valence-electron chi connectivity index (χ2n) is 1.80. The Kier molecular flexibility index (Phi) is 2.16. The molecule has 1 aliphatic heterocycles. The van der Waals surface area contributed by atoms with E-state index in [0.717, 1.165) is 0 Å². The maximum absolute atomic E-state index is 3.96. The average molecular weight is 209 g/mol. The molecule has 0 aromatic rings. The molecule has 0 atom stereocenters. The normalized spacial score (nSPS) is 23.7. The van der Waals surface area contributed by atoms with Gasteiger partial charge in [-0.15, -0.1) is 0 Å². The molecule has 0 N–H and O–H groups in total. The fraction of sp³-hybridized carbons (Fsp3) is 0.667. The summed E-state index contributed by atoms with van der Waals surface area (Å²) < 4.78 is 3.07. The summed E-state index contributed by atoms with van der Waals surface area (Å²) in [4.78, 5) is 0. The quantitative estimate of drug-likeness (QED) is 0.346. The summed E-state index contributed by atoms with van der Waals surface area (Å²) in [5, 5.41) is 0. The molecule has 0 amide bonds. The standard InChI is InChI=1S/C6H10I/c1-6-4-2-3-5-7-6/h1-5H2/q-1. The molecule has 7 heavy (non-hydrogen) atoms. The van der Waals surface area contributed by atoms with E-state index in [4.69, 9.17) is 0 Å². The van der Waals surface area contributed by atoms with Gasteiger partial charge in [-0.1, -0.05) is 0 Å². The van der Waals surface area contributed by atoms with Crippen LogP contribution in [0.4, 0.5) is 0 Å². The topological polar surface area (TPSA) is 0 Å². The van der Waals surface area contributed by atoms with E-state index in [-0.39, 0.29) is 0 Å². The van der Waals surface area contributed by atoms with Crippen molar-refractivity contribution in [1.82, 2.24) is 0 Å². The Hall–Kier alpha value is 0.470. The summed E-state index contributed by atoms with van der Waals surface area (Å²) in [6, 6.07) is 0. The summed E-state index contributed by atoms with van der Waals surface area (Å²) in [5.74, 6) is 0. The van der Waals surface area contributed by atoms with Gasteiger partial charge >= 0.3 is 55.1 Å². The van der Waals surface area contributed by atoms with Crippen molar-refractivity contribution in [3.63, 3.8) is 0 Å². The van der Waals surface area contributed by atoms with Crippen molar-refractivity contribution in [1.29, 1.82) is 0 Å². The van der Waals surface area contributed by atoms with Crippen LogP contribution in [0.2, 0.25) is 0 Å². The fourth-order valence-corrected chi connectivity index (χ4v) is 3.12. The molecule has 1 aliphatic rings. The number of halogens is 1. The Morgan fingerprint density at radius 1 is 1.43 bits per heavy atom. The van der Waals surface area contributed by atoms with Gasteiger partial charge in [-0.05, 0) is 0 Å². The van der Waals surface area contributed by atoms with E-state index >= 15 is 0 Å². The molecule has 0 radical (unpaired) electrons. The molecule has 1 heteroatoms. The summed E-state index contributed by atoms with van der Waals surface area (Å²) in [6.45, 7) is 3.96. The molecule has 42 valence electrons. The van der Waals surface area contributed by atoms with Crippen LogP contribution in [-0.2, 0) is 0 Å². The third-order valence-electron chi connectivity index (χ3n) is 1.12. The van der Waals surface area contributed by atoms with Crippen LogP contribution in [0.1, 0.15) is 19.3 Å². The molecule has 1 saturated heterocycles. The second-order valence-corrected chi connectivity index (χ2v) is 5.16. The van der Waals surface area contributed by atoms with E-state index < -0.39 is 0 Å². The van der Waals surface area contributed by atoms with E-state index in [1.165, 1.54) is 23.7 Å². The predicted molar refractivity (Wildman–Crippen MR) is 27.9 cm³/mol. The Balaban J connectivity index is 2.25. The van der Waals surface area contributed by atoms with Crippen LogP contribution in [0, 0.1) is 0 Å². The van der Waals surface area contributed by atoms with E-state index in [0.29, 0.717) is 21.2 Å². The minimum absolute atomic E-state index is 0.458. The van der Waals surface area contributed by atoms with Gasteiger partial charge in [0.1, 0.15) is 0 Å². The molecule has 0 aliphatic carbocycles. The zero-order chi connectivity index (χ0) is 5.11. The van der Waals surface area contributed by atoms with Crippen molar-refractivity contribution in [2.45, 2.75) is 19.3 Å². The minimum atomic E-state index is 0.458. The first-order chi connectivity index (χ1) is 3.39. The van der Waals surface area contributed by atoms with E-state index in [2.05, 4.69) is 6.58 Å². The van der Waals surface area contributed by atoms with Gasteiger partial charge in [0, 0.05) is 0 Å². The van der Waals surface area contributed by atoms with E-state index in [1.54, 1.807) is 3.58 Å². The first-order valence-electron chi connectivity index (χ1n) is 2.66. The SMILES string of the molecule is C=C1CCCC[I-]1. The van der Waals surface area contributed by atoms with Crippen LogP contribution in [0.15, 0.2) is 10.2 Å². The second kappa shape index (κ2) is 2.70. The molecule has 0 unspecified atom stereocenters. The Labute approximate surface area is 55.3 Å². The summed E-state index contributed by atoms with van der Waals surface area (Å²) in [6.07, 6.45) is 4.23. The van der Waals surface area contributed by atoms with Crippen molar-refractivity contribution < 1.29 is 21.2 Å². The van der Waals surface area contributed by atoms with Crippen LogP contribution >= 0.6 is 0 Å². The first kappa shape index (κ1) is 5.60. The molecule has 0 aromatic heterocycles. The van der Waals surface area contributed by atoms with Gasteiger partial charge in [0.2, 0.25) is 0 Å². The summed E-state index contributed by atoms with van der Waals surface area (Å²) >= 11 is 0.458. The molecular formula is C6H10I-. The Bertz CT molecular complexity index is 68.2. The Morgan fingerprint density at radius 3 is 2.57 bits per heavy atom.